The molecule has 1 aromatic heterocycles. The van der Waals surface area contributed by atoms with Gasteiger partial charge in [0.25, 0.3) is 0 Å². The molecule has 4 rings (SSSR count). The Hall–Kier alpha value is -2.22. The fourth-order valence-corrected chi connectivity index (χ4v) is 3.71. The molecule has 1 atom stereocenters. The molecule has 0 saturated heterocycles. The largest absolute Gasteiger partial charge is 0.339 e. The average molecular weight is 459 g/mol. The minimum absolute atomic E-state index is 0.0939. The molecule has 3 aromatic rings. The highest BCUT2D eigenvalue weighted by molar-refractivity contribution is 14.1. The highest BCUT2D eigenvalue weighted by atomic mass is 127. The van der Waals surface area contributed by atoms with E-state index >= 15 is 0 Å². The molecule has 6 heteroatoms. The molecule has 2 heterocycles. The van der Waals surface area contributed by atoms with E-state index in [0.29, 0.717) is 24.6 Å². The zero-order valence-corrected chi connectivity index (χ0v) is 16.5. The number of benzene rings is 2. The summed E-state index contributed by atoms with van der Waals surface area (Å²) in [6, 6.07) is 16.2. The van der Waals surface area contributed by atoms with E-state index in [-0.39, 0.29) is 11.9 Å². The number of para-hydroxylation sites is 1. The monoisotopic (exact) mass is 459 g/mol. The van der Waals surface area contributed by atoms with Gasteiger partial charge in [-0.3, -0.25) is 4.79 Å². The summed E-state index contributed by atoms with van der Waals surface area (Å²) in [6.45, 7) is 2.08. The zero-order chi connectivity index (χ0) is 18.1. The van der Waals surface area contributed by atoms with Gasteiger partial charge in [-0.15, -0.1) is 0 Å². The summed E-state index contributed by atoms with van der Waals surface area (Å²) < 4.78 is 6.48. The molecule has 0 fully saturated rings. The van der Waals surface area contributed by atoms with Crippen molar-refractivity contribution in [1.29, 1.82) is 0 Å². The number of anilines is 1. The summed E-state index contributed by atoms with van der Waals surface area (Å²) >= 11 is 2.26. The van der Waals surface area contributed by atoms with E-state index in [9.17, 15) is 4.79 Å². The number of aromatic nitrogens is 2. The van der Waals surface area contributed by atoms with E-state index in [0.717, 1.165) is 21.2 Å². The minimum atomic E-state index is 0.0939. The lowest BCUT2D eigenvalue weighted by molar-refractivity contribution is -0.118. The van der Waals surface area contributed by atoms with Gasteiger partial charge in [-0.2, -0.15) is 4.98 Å². The summed E-state index contributed by atoms with van der Waals surface area (Å²) in [5.74, 6) is 1.15. The van der Waals surface area contributed by atoms with Crippen LogP contribution in [0.4, 0.5) is 5.69 Å². The van der Waals surface area contributed by atoms with Gasteiger partial charge in [0.2, 0.25) is 17.6 Å². The topological polar surface area (TPSA) is 59.2 Å². The maximum Gasteiger partial charge on any atom is 0.227 e. The normalized spacial score (nSPS) is 15.9. The van der Waals surface area contributed by atoms with Crippen LogP contribution in [0.5, 0.6) is 0 Å². The Balaban J connectivity index is 1.43. The number of hydrogen-bond acceptors (Lipinski definition) is 4. The number of nitrogens with zero attached hydrogens (tertiary/aromatic N) is 3. The van der Waals surface area contributed by atoms with Crippen LogP contribution in [0.25, 0.3) is 11.4 Å². The lowest BCUT2D eigenvalue weighted by atomic mass is 10.1. The van der Waals surface area contributed by atoms with Crippen molar-refractivity contribution in [1.82, 2.24) is 10.1 Å². The fraction of sp³-hybridized carbons (Fsp3) is 0.250. The molecular formula is C20H18IN3O2. The van der Waals surface area contributed by atoms with Crippen molar-refractivity contribution in [2.24, 2.45) is 0 Å². The third-order valence-electron chi connectivity index (χ3n) is 4.60. The summed E-state index contributed by atoms with van der Waals surface area (Å²) in [6.07, 6.45) is 1.70. The minimum Gasteiger partial charge on any atom is -0.339 e. The smallest absolute Gasteiger partial charge is 0.227 e. The molecular weight excluding hydrogens is 441 g/mol. The van der Waals surface area contributed by atoms with Crippen LogP contribution in [0.2, 0.25) is 0 Å². The van der Waals surface area contributed by atoms with Crippen LogP contribution in [0, 0.1) is 3.57 Å². The number of aryl methyl sites for hydroxylation is 1. The van der Waals surface area contributed by atoms with Crippen molar-refractivity contribution >= 4 is 34.2 Å². The SMILES string of the molecule is C[C@@H]1Cc2ccccc2N1C(=O)CCc1nc(-c2ccc(I)cc2)no1. The number of carbonyl (C=O) groups excluding carboxylic acids is 1. The van der Waals surface area contributed by atoms with Crippen LogP contribution in [-0.2, 0) is 17.6 Å². The van der Waals surface area contributed by atoms with Crippen molar-refractivity contribution in [3.05, 3.63) is 63.6 Å². The van der Waals surface area contributed by atoms with Crippen LogP contribution in [-0.4, -0.2) is 22.1 Å². The van der Waals surface area contributed by atoms with Crippen molar-refractivity contribution < 1.29 is 9.32 Å². The van der Waals surface area contributed by atoms with E-state index < -0.39 is 0 Å². The van der Waals surface area contributed by atoms with Gasteiger partial charge in [0.15, 0.2) is 0 Å². The Bertz CT molecular complexity index is 936. The molecule has 1 aliphatic rings. The lowest BCUT2D eigenvalue weighted by Gasteiger charge is -2.22. The predicted octanol–water partition coefficient (Wildman–Crippen LogP) is 4.25. The Morgan fingerprint density at radius 2 is 2.00 bits per heavy atom. The number of fused-ring (bicyclic) bond motifs is 1. The second kappa shape index (κ2) is 7.19. The zero-order valence-electron chi connectivity index (χ0n) is 14.4. The van der Waals surface area contributed by atoms with Crippen LogP contribution >= 0.6 is 22.6 Å². The maximum atomic E-state index is 12.7. The molecule has 0 N–H and O–H groups in total. The second-order valence-corrected chi connectivity index (χ2v) is 7.71. The van der Waals surface area contributed by atoms with Crippen LogP contribution in [0.1, 0.15) is 24.8 Å². The van der Waals surface area contributed by atoms with Crippen molar-refractivity contribution in [2.75, 3.05) is 4.90 Å². The van der Waals surface area contributed by atoms with Crippen molar-refractivity contribution in [3.63, 3.8) is 0 Å². The van der Waals surface area contributed by atoms with Gasteiger partial charge in [-0.05, 0) is 59.7 Å². The second-order valence-electron chi connectivity index (χ2n) is 6.46. The fourth-order valence-electron chi connectivity index (χ4n) is 3.35. The van der Waals surface area contributed by atoms with Crippen molar-refractivity contribution in [2.45, 2.75) is 32.2 Å². The van der Waals surface area contributed by atoms with E-state index in [1.807, 2.05) is 47.4 Å². The summed E-state index contributed by atoms with van der Waals surface area (Å²) in [5.41, 5.74) is 3.16. The Labute approximate surface area is 165 Å². The molecule has 1 aliphatic heterocycles. The molecule has 2 aromatic carbocycles. The molecule has 0 unspecified atom stereocenters. The van der Waals surface area contributed by atoms with Gasteiger partial charge in [0, 0.05) is 33.7 Å². The van der Waals surface area contributed by atoms with Gasteiger partial charge in [0.05, 0.1) is 0 Å². The molecule has 0 radical (unpaired) electrons. The first-order valence-corrected chi connectivity index (χ1v) is 9.68. The van der Waals surface area contributed by atoms with Crippen molar-refractivity contribution in [3.8, 4) is 11.4 Å². The molecule has 5 nitrogen and oxygen atoms in total. The van der Waals surface area contributed by atoms with E-state index in [4.69, 9.17) is 4.52 Å². The first-order chi connectivity index (χ1) is 12.6. The number of hydrogen-bond donors (Lipinski definition) is 0. The molecule has 26 heavy (non-hydrogen) atoms. The number of carbonyl (C=O) groups is 1. The predicted molar refractivity (Wildman–Crippen MR) is 108 cm³/mol. The lowest BCUT2D eigenvalue weighted by Crippen LogP contribution is -2.35. The number of rotatable bonds is 4. The third kappa shape index (κ3) is 3.38. The number of amides is 1. The van der Waals surface area contributed by atoms with Gasteiger partial charge in [0.1, 0.15) is 0 Å². The third-order valence-corrected chi connectivity index (χ3v) is 5.32. The first-order valence-electron chi connectivity index (χ1n) is 8.60. The Kier molecular flexibility index (Phi) is 4.76. The van der Waals surface area contributed by atoms with E-state index in [1.165, 1.54) is 5.56 Å². The molecule has 0 spiro atoms. The van der Waals surface area contributed by atoms with E-state index in [1.54, 1.807) is 0 Å². The van der Waals surface area contributed by atoms with Gasteiger partial charge >= 0.3 is 0 Å². The molecule has 0 aliphatic carbocycles. The van der Waals surface area contributed by atoms with Crippen LogP contribution in [0.3, 0.4) is 0 Å². The van der Waals surface area contributed by atoms with Gasteiger partial charge < -0.3 is 9.42 Å². The number of halogens is 1. The quantitative estimate of drug-likeness (QED) is 0.548. The molecule has 0 bridgehead atoms. The highest BCUT2D eigenvalue weighted by Crippen LogP contribution is 2.32. The molecule has 0 saturated carbocycles. The molecule has 1 amide bonds. The summed E-state index contributed by atoms with van der Waals surface area (Å²) in [5, 5.41) is 4.03. The summed E-state index contributed by atoms with van der Waals surface area (Å²) in [7, 11) is 0. The highest BCUT2D eigenvalue weighted by Gasteiger charge is 2.30. The van der Waals surface area contributed by atoms with Crippen LogP contribution in [0.15, 0.2) is 53.1 Å². The summed E-state index contributed by atoms with van der Waals surface area (Å²) in [4.78, 5) is 19.1. The first kappa shape index (κ1) is 17.2. The molecule has 132 valence electrons. The van der Waals surface area contributed by atoms with E-state index in [2.05, 4.69) is 45.7 Å². The Morgan fingerprint density at radius 3 is 2.81 bits per heavy atom. The maximum absolute atomic E-state index is 12.7. The Morgan fingerprint density at radius 1 is 1.23 bits per heavy atom. The van der Waals surface area contributed by atoms with Gasteiger partial charge in [-0.25, -0.2) is 0 Å². The average Bonchev–Trinajstić information content (AvgIpc) is 3.24. The standard InChI is InChI=1S/C20H18IN3O2/c1-13-12-15-4-2-3-5-17(15)24(13)19(25)11-10-18-22-20(23-26-18)14-6-8-16(21)9-7-14/h2-9,13H,10-12H2,1H3/t13-/m1/s1. The van der Waals surface area contributed by atoms with Crippen LogP contribution < -0.4 is 4.90 Å². The van der Waals surface area contributed by atoms with Gasteiger partial charge in [-0.1, -0.05) is 35.5 Å².